The lowest BCUT2D eigenvalue weighted by molar-refractivity contribution is 0.0880. The van der Waals surface area contributed by atoms with Crippen LogP contribution in [-0.2, 0) is 0 Å². The van der Waals surface area contributed by atoms with E-state index >= 15 is 0 Å². The van der Waals surface area contributed by atoms with Crippen molar-refractivity contribution < 1.29 is 14.4 Å². The van der Waals surface area contributed by atoms with Gasteiger partial charge in [-0.1, -0.05) is 17.3 Å². The van der Waals surface area contributed by atoms with E-state index in [1.54, 1.807) is 0 Å². The molecule has 2 rings (SSSR count). The Morgan fingerprint density at radius 2 is 2.05 bits per heavy atom. The first-order valence-electron chi connectivity index (χ1n) is 6.22. The van der Waals surface area contributed by atoms with Crippen LogP contribution in [0.3, 0.4) is 0 Å². The molecule has 0 radical (unpaired) electrons. The molecule has 2 N–H and O–H groups in total. The molecule has 0 aliphatic carbocycles. The average Bonchev–Trinajstić information content (AvgIpc) is 2.98. The van der Waals surface area contributed by atoms with Gasteiger partial charge < -0.3 is 19.8 Å². The summed E-state index contributed by atoms with van der Waals surface area (Å²) in [7, 11) is 3.89. The second kappa shape index (κ2) is 6.21. The number of rotatable bonds is 5. The molecule has 0 fully saturated rings. The van der Waals surface area contributed by atoms with Gasteiger partial charge in [0.05, 0.1) is 12.3 Å². The molecule has 2 aromatic rings. The third-order valence-corrected chi connectivity index (χ3v) is 2.91. The van der Waals surface area contributed by atoms with E-state index in [4.69, 9.17) is 4.52 Å². The molecule has 6 nitrogen and oxygen atoms in total. The van der Waals surface area contributed by atoms with E-state index in [1.807, 2.05) is 43.3 Å². The van der Waals surface area contributed by atoms with Gasteiger partial charge in [-0.15, -0.1) is 0 Å². The number of nitrogens with one attached hydrogen (secondary N) is 1. The summed E-state index contributed by atoms with van der Waals surface area (Å²) in [6, 6.07) is 8.96. The maximum Gasteiger partial charge on any atom is 0.289 e. The SMILES string of the molecule is CN(C)c1ccc(C(O)CNC(=O)c2ccno2)cc1. The van der Waals surface area contributed by atoms with Crippen LogP contribution in [0.15, 0.2) is 41.1 Å². The van der Waals surface area contributed by atoms with Gasteiger partial charge in [0.25, 0.3) is 5.91 Å². The van der Waals surface area contributed by atoms with Gasteiger partial charge in [0.2, 0.25) is 5.76 Å². The van der Waals surface area contributed by atoms with Crippen LogP contribution in [0.5, 0.6) is 0 Å². The Hall–Kier alpha value is -2.34. The van der Waals surface area contributed by atoms with Crippen molar-refractivity contribution in [1.82, 2.24) is 10.5 Å². The number of carbonyl (C=O) groups excluding carboxylic acids is 1. The summed E-state index contributed by atoms with van der Waals surface area (Å²) < 4.78 is 4.73. The zero-order chi connectivity index (χ0) is 14.5. The maximum absolute atomic E-state index is 11.6. The van der Waals surface area contributed by atoms with Gasteiger partial charge in [-0.2, -0.15) is 0 Å². The van der Waals surface area contributed by atoms with Crippen molar-refractivity contribution in [2.45, 2.75) is 6.10 Å². The Morgan fingerprint density at radius 3 is 2.60 bits per heavy atom. The van der Waals surface area contributed by atoms with E-state index in [2.05, 4.69) is 10.5 Å². The summed E-state index contributed by atoms with van der Waals surface area (Å²) in [4.78, 5) is 13.6. The normalized spacial score (nSPS) is 11.9. The number of aromatic nitrogens is 1. The predicted octanol–water partition coefficient (Wildman–Crippen LogP) is 1.20. The summed E-state index contributed by atoms with van der Waals surface area (Å²) in [5.41, 5.74) is 1.79. The van der Waals surface area contributed by atoms with Gasteiger partial charge in [-0.3, -0.25) is 4.79 Å². The van der Waals surface area contributed by atoms with Crippen LogP contribution in [0.2, 0.25) is 0 Å². The number of anilines is 1. The monoisotopic (exact) mass is 275 g/mol. The third-order valence-electron chi connectivity index (χ3n) is 2.91. The highest BCUT2D eigenvalue weighted by atomic mass is 16.5. The molecule has 0 bridgehead atoms. The second-order valence-corrected chi connectivity index (χ2v) is 4.59. The number of hydrogen-bond acceptors (Lipinski definition) is 5. The van der Waals surface area contributed by atoms with E-state index in [-0.39, 0.29) is 12.3 Å². The van der Waals surface area contributed by atoms with Crippen molar-refractivity contribution in [3.63, 3.8) is 0 Å². The Morgan fingerprint density at radius 1 is 1.35 bits per heavy atom. The Balaban J connectivity index is 1.91. The van der Waals surface area contributed by atoms with Gasteiger partial charge in [-0.25, -0.2) is 0 Å². The number of carbonyl (C=O) groups is 1. The minimum absolute atomic E-state index is 0.112. The van der Waals surface area contributed by atoms with E-state index in [0.717, 1.165) is 11.3 Å². The molecule has 1 aromatic carbocycles. The highest BCUT2D eigenvalue weighted by Gasteiger charge is 2.13. The van der Waals surface area contributed by atoms with Crippen molar-refractivity contribution in [2.24, 2.45) is 0 Å². The van der Waals surface area contributed by atoms with Crippen LogP contribution < -0.4 is 10.2 Å². The summed E-state index contributed by atoms with van der Waals surface area (Å²) in [5, 5.41) is 16.1. The van der Waals surface area contributed by atoms with Crippen LogP contribution in [0.25, 0.3) is 0 Å². The molecule has 0 aliphatic heterocycles. The number of aliphatic hydroxyl groups is 1. The average molecular weight is 275 g/mol. The van der Waals surface area contributed by atoms with Crippen molar-refractivity contribution in [2.75, 3.05) is 25.5 Å². The molecule has 20 heavy (non-hydrogen) atoms. The molecule has 1 atom stereocenters. The number of aliphatic hydroxyl groups excluding tert-OH is 1. The van der Waals surface area contributed by atoms with Gasteiger partial charge >= 0.3 is 0 Å². The van der Waals surface area contributed by atoms with Crippen molar-refractivity contribution in [3.8, 4) is 0 Å². The van der Waals surface area contributed by atoms with E-state index in [0.29, 0.717) is 0 Å². The predicted molar refractivity (Wildman–Crippen MR) is 74.6 cm³/mol. The van der Waals surface area contributed by atoms with Gasteiger partial charge in [0.15, 0.2) is 0 Å². The number of nitrogens with zero attached hydrogens (tertiary/aromatic N) is 2. The van der Waals surface area contributed by atoms with Crippen LogP contribution in [0.1, 0.15) is 22.2 Å². The molecule has 0 aliphatic rings. The molecule has 0 saturated carbocycles. The lowest BCUT2D eigenvalue weighted by Crippen LogP contribution is -2.28. The molecule has 0 saturated heterocycles. The zero-order valence-corrected chi connectivity index (χ0v) is 11.4. The van der Waals surface area contributed by atoms with Gasteiger partial charge in [0.1, 0.15) is 0 Å². The molecule has 0 spiro atoms. The van der Waals surface area contributed by atoms with Gasteiger partial charge in [0, 0.05) is 32.4 Å². The number of benzene rings is 1. The largest absolute Gasteiger partial charge is 0.387 e. The lowest BCUT2D eigenvalue weighted by Gasteiger charge is -2.15. The summed E-state index contributed by atoms with van der Waals surface area (Å²) in [6.07, 6.45) is 0.628. The van der Waals surface area contributed by atoms with Crippen molar-refractivity contribution in [1.29, 1.82) is 0 Å². The molecule has 6 heteroatoms. The summed E-state index contributed by atoms with van der Waals surface area (Å²) in [5.74, 6) is -0.272. The highest BCUT2D eigenvalue weighted by molar-refractivity contribution is 5.91. The molecular weight excluding hydrogens is 258 g/mol. The van der Waals surface area contributed by atoms with E-state index < -0.39 is 12.0 Å². The van der Waals surface area contributed by atoms with Gasteiger partial charge in [-0.05, 0) is 17.7 Å². The molecule has 106 valence electrons. The number of amides is 1. The summed E-state index contributed by atoms with van der Waals surface area (Å²) in [6.45, 7) is 0.112. The van der Waals surface area contributed by atoms with E-state index in [9.17, 15) is 9.90 Å². The van der Waals surface area contributed by atoms with E-state index in [1.165, 1.54) is 12.3 Å². The second-order valence-electron chi connectivity index (χ2n) is 4.59. The lowest BCUT2D eigenvalue weighted by atomic mass is 10.1. The van der Waals surface area contributed by atoms with Crippen LogP contribution >= 0.6 is 0 Å². The molecule has 1 heterocycles. The van der Waals surface area contributed by atoms with Crippen molar-refractivity contribution >= 4 is 11.6 Å². The smallest absolute Gasteiger partial charge is 0.289 e. The first-order valence-corrected chi connectivity index (χ1v) is 6.22. The number of hydrogen-bond donors (Lipinski definition) is 2. The fraction of sp³-hybridized carbons (Fsp3) is 0.286. The van der Waals surface area contributed by atoms with Crippen molar-refractivity contribution in [3.05, 3.63) is 47.9 Å². The first-order chi connectivity index (χ1) is 9.58. The Kier molecular flexibility index (Phi) is 4.37. The standard InChI is InChI=1S/C14H17N3O3/c1-17(2)11-5-3-10(4-6-11)12(18)9-15-14(19)13-7-8-16-20-13/h3-8,12,18H,9H2,1-2H3,(H,15,19). The Labute approximate surface area is 117 Å². The highest BCUT2D eigenvalue weighted by Crippen LogP contribution is 2.17. The molecule has 1 amide bonds. The minimum Gasteiger partial charge on any atom is -0.387 e. The summed E-state index contributed by atoms with van der Waals surface area (Å²) >= 11 is 0. The quantitative estimate of drug-likeness (QED) is 0.857. The van der Waals surface area contributed by atoms with Crippen LogP contribution in [0, 0.1) is 0 Å². The third kappa shape index (κ3) is 3.36. The Bertz CT molecular complexity index is 550. The zero-order valence-electron chi connectivity index (χ0n) is 11.4. The van der Waals surface area contributed by atoms with Crippen LogP contribution in [-0.4, -0.2) is 36.8 Å². The fourth-order valence-corrected chi connectivity index (χ4v) is 1.72. The van der Waals surface area contributed by atoms with Crippen LogP contribution in [0.4, 0.5) is 5.69 Å². The molecule has 1 aromatic heterocycles. The fourth-order valence-electron chi connectivity index (χ4n) is 1.72. The maximum atomic E-state index is 11.6. The first kappa shape index (κ1) is 14.1. The molecular formula is C14H17N3O3. The molecule has 1 unspecified atom stereocenters. The minimum atomic E-state index is -0.766. The topological polar surface area (TPSA) is 78.6 Å².